The molecule has 0 aliphatic heterocycles. The summed E-state index contributed by atoms with van der Waals surface area (Å²) in [5.41, 5.74) is 1.95. The molecular formula is C18H15ClN2O2. The Kier molecular flexibility index (Phi) is 5.79. The number of carbonyl (C=O) groups excluding carboxylic acids is 2. The Balaban J connectivity index is 1.89. The van der Waals surface area contributed by atoms with Gasteiger partial charge >= 0.3 is 0 Å². The van der Waals surface area contributed by atoms with Crippen LogP contribution in [0.1, 0.15) is 22.8 Å². The molecule has 0 aromatic heterocycles. The third-order valence-electron chi connectivity index (χ3n) is 2.86. The Bertz CT molecular complexity index is 774. The monoisotopic (exact) mass is 326 g/mol. The lowest BCUT2D eigenvalue weighted by atomic mass is 10.2. The van der Waals surface area contributed by atoms with Crippen molar-refractivity contribution >= 4 is 29.1 Å². The normalized spacial score (nSPS) is 9.48. The summed E-state index contributed by atoms with van der Waals surface area (Å²) in [6.07, 6.45) is 0. The second-order valence-electron chi connectivity index (χ2n) is 4.75. The highest BCUT2D eigenvalue weighted by Gasteiger charge is 2.04. The highest BCUT2D eigenvalue weighted by atomic mass is 35.5. The Morgan fingerprint density at radius 1 is 1.13 bits per heavy atom. The van der Waals surface area contributed by atoms with Gasteiger partial charge in [0.2, 0.25) is 5.91 Å². The van der Waals surface area contributed by atoms with Crippen LogP contribution in [0.25, 0.3) is 0 Å². The second kappa shape index (κ2) is 8.02. The largest absolute Gasteiger partial charge is 0.341 e. The molecule has 0 spiro atoms. The maximum absolute atomic E-state index is 12.0. The van der Waals surface area contributed by atoms with Gasteiger partial charge in [-0.2, -0.15) is 0 Å². The van der Waals surface area contributed by atoms with Gasteiger partial charge in [0, 0.05) is 28.8 Å². The number of hydrogen-bond acceptors (Lipinski definition) is 2. The lowest BCUT2D eigenvalue weighted by molar-refractivity contribution is -0.114. The van der Waals surface area contributed by atoms with Crippen molar-refractivity contribution in [3.63, 3.8) is 0 Å². The van der Waals surface area contributed by atoms with Gasteiger partial charge in [0.05, 0.1) is 6.54 Å². The van der Waals surface area contributed by atoms with Crippen molar-refractivity contribution in [2.24, 2.45) is 0 Å². The number of rotatable bonds is 3. The standard InChI is InChI=1S/C18H15ClN2O2/c1-13(22)21-17-9-7-15(8-10-17)18(23)20-11-3-5-14-4-2-6-16(19)12-14/h2,4,6-10,12H,11H2,1H3,(H,20,23)(H,21,22). The summed E-state index contributed by atoms with van der Waals surface area (Å²) in [6, 6.07) is 13.8. The summed E-state index contributed by atoms with van der Waals surface area (Å²) in [5.74, 6) is 5.42. The summed E-state index contributed by atoms with van der Waals surface area (Å²) in [6.45, 7) is 1.66. The molecule has 0 heterocycles. The van der Waals surface area contributed by atoms with Crippen LogP contribution in [0.4, 0.5) is 5.69 Å². The summed E-state index contributed by atoms with van der Waals surface area (Å²) in [7, 11) is 0. The van der Waals surface area contributed by atoms with E-state index >= 15 is 0 Å². The maximum atomic E-state index is 12.0. The quantitative estimate of drug-likeness (QED) is 0.852. The molecule has 0 atom stereocenters. The first-order chi connectivity index (χ1) is 11.0. The first-order valence-corrected chi connectivity index (χ1v) is 7.33. The zero-order chi connectivity index (χ0) is 16.7. The first-order valence-electron chi connectivity index (χ1n) is 6.95. The molecule has 0 radical (unpaired) electrons. The molecule has 4 nitrogen and oxygen atoms in total. The van der Waals surface area contributed by atoms with Gasteiger partial charge in [0.25, 0.3) is 5.91 Å². The van der Waals surface area contributed by atoms with E-state index in [1.807, 2.05) is 12.1 Å². The fourth-order valence-electron chi connectivity index (χ4n) is 1.85. The number of nitrogens with one attached hydrogen (secondary N) is 2. The summed E-state index contributed by atoms with van der Waals surface area (Å²) < 4.78 is 0. The minimum Gasteiger partial charge on any atom is -0.341 e. The van der Waals surface area contributed by atoms with Gasteiger partial charge < -0.3 is 10.6 Å². The molecule has 2 amide bonds. The second-order valence-corrected chi connectivity index (χ2v) is 5.19. The molecule has 5 heteroatoms. The lowest BCUT2D eigenvalue weighted by Gasteiger charge is -2.04. The van der Waals surface area contributed by atoms with E-state index in [2.05, 4.69) is 22.5 Å². The summed E-state index contributed by atoms with van der Waals surface area (Å²) >= 11 is 5.87. The van der Waals surface area contributed by atoms with Crippen molar-refractivity contribution in [2.75, 3.05) is 11.9 Å². The van der Waals surface area contributed by atoms with Crippen LogP contribution in [0.15, 0.2) is 48.5 Å². The third-order valence-corrected chi connectivity index (χ3v) is 3.10. The zero-order valence-electron chi connectivity index (χ0n) is 12.5. The van der Waals surface area contributed by atoms with E-state index in [9.17, 15) is 9.59 Å². The fourth-order valence-corrected chi connectivity index (χ4v) is 2.04. The van der Waals surface area contributed by atoms with E-state index in [0.717, 1.165) is 5.56 Å². The van der Waals surface area contributed by atoms with Crippen LogP contribution in [0.3, 0.4) is 0 Å². The Labute approximate surface area is 139 Å². The molecular weight excluding hydrogens is 312 g/mol. The summed E-state index contributed by atoms with van der Waals surface area (Å²) in [4.78, 5) is 22.9. The smallest absolute Gasteiger partial charge is 0.252 e. The number of amides is 2. The Morgan fingerprint density at radius 2 is 1.87 bits per heavy atom. The van der Waals surface area contributed by atoms with Crippen LogP contribution >= 0.6 is 11.6 Å². The fraction of sp³-hybridized carbons (Fsp3) is 0.111. The molecule has 116 valence electrons. The van der Waals surface area contributed by atoms with Gasteiger partial charge in [-0.25, -0.2) is 0 Å². The molecule has 0 aliphatic carbocycles. The number of anilines is 1. The van der Waals surface area contributed by atoms with Crippen molar-refractivity contribution in [3.05, 3.63) is 64.7 Å². The van der Waals surface area contributed by atoms with Crippen LogP contribution in [-0.4, -0.2) is 18.4 Å². The molecule has 0 saturated heterocycles. The molecule has 0 aliphatic rings. The molecule has 0 unspecified atom stereocenters. The number of halogens is 1. The predicted octanol–water partition coefficient (Wildman–Crippen LogP) is 3.08. The highest BCUT2D eigenvalue weighted by molar-refractivity contribution is 6.30. The zero-order valence-corrected chi connectivity index (χ0v) is 13.3. The average Bonchev–Trinajstić information content (AvgIpc) is 2.51. The molecule has 2 aromatic rings. The minimum absolute atomic E-state index is 0.154. The van der Waals surface area contributed by atoms with Crippen molar-refractivity contribution < 1.29 is 9.59 Å². The van der Waals surface area contributed by atoms with Crippen molar-refractivity contribution in [1.82, 2.24) is 5.32 Å². The van der Waals surface area contributed by atoms with Gasteiger partial charge in [-0.05, 0) is 42.5 Å². The minimum atomic E-state index is -0.222. The van der Waals surface area contributed by atoms with Crippen LogP contribution in [-0.2, 0) is 4.79 Å². The summed E-state index contributed by atoms with van der Waals surface area (Å²) in [5, 5.41) is 5.98. The molecule has 2 aromatic carbocycles. The van der Waals surface area contributed by atoms with Crippen LogP contribution in [0.5, 0.6) is 0 Å². The molecule has 23 heavy (non-hydrogen) atoms. The van der Waals surface area contributed by atoms with E-state index in [1.54, 1.807) is 36.4 Å². The van der Waals surface area contributed by atoms with Crippen molar-refractivity contribution in [1.29, 1.82) is 0 Å². The lowest BCUT2D eigenvalue weighted by Crippen LogP contribution is -2.23. The molecule has 2 N–H and O–H groups in total. The predicted molar refractivity (Wildman–Crippen MR) is 91.4 cm³/mol. The number of carbonyl (C=O) groups is 2. The average molecular weight is 327 g/mol. The Hall–Kier alpha value is -2.77. The van der Waals surface area contributed by atoms with Crippen molar-refractivity contribution in [2.45, 2.75) is 6.92 Å². The van der Waals surface area contributed by atoms with Gasteiger partial charge in [-0.1, -0.05) is 29.5 Å². The van der Waals surface area contributed by atoms with Gasteiger partial charge in [0.15, 0.2) is 0 Å². The van der Waals surface area contributed by atoms with Crippen LogP contribution < -0.4 is 10.6 Å². The molecule has 2 rings (SSSR count). The molecule has 0 saturated carbocycles. The van der Waals surface area contributed by atoms with Gasteiger partial charge in [-0.15, -0.1) is 0 Å². The third kappa shape index (κ3) is 5.50. The number of hydrogen-bond donors (Lipinski definition) is 2. The van der Waals surface area contributed by atoms with Gasteiger partial charge in [-0.3, -0.25) is 9.59 Å². The van der Waals surface area contributed by atoms with E-state index in [4.69, 9.17) is 11.6 Å². The highest BCUT2D eigenvalue weighted by Crippen LogP contribution is 2.10. The SMILES string of the molecule is CC(=O)Nc1ccc(C(=O)NCC#Cc2cccc(Cl)c2)cc1. The van der Waals surface area contributed by atoms with Crippen LogP contribution in [0, 0.1) is 11.8 Å². The van der Waals surface area contributed by atoms with E-state index in [-0.39, 0.29) is 18.4 Å². The molecule has 0 fully saturated rings. The van der Waals surface area contributed by atoms with Crippen molar-refractivity contribution in [3.8, 4) is 11.8 Å². The Morgan fingerprint density at radius 3 is 2.52 bits per heavy atom. The molecule has 0 bridgehead atoms. The van der Waals surface area contributed by atoms with Crippen LogP contribution in [0.2, 0.25) is 5.02 Å². The van der Waals surface area contributed by atoms with E-state index < -0.39 is 0 Å². The van der Waals surface area contributed by atoms with Gasteiger partial charge in [0.1, 0.15) is 0 Å². The number of benzene rings is 2. The first kappa shape index (κ1) is 16.6. The topological polar surface area (TPSA) is 58.2 Å². The van der Waals surface area contributed by atoms with E-state index in [1.165, 1.54) is 6.92 Å². The van der Waals surface area contributed by atoms with E-state index in [0.29, 0.717) is 16.3 Å². The maximum Gasteiger partial charge on any atom is 0.252 e.